The number of nitrogens with zero attached hydrogens (tertiary/aromatic N) is 4. The van der Waals surface area contributed by atoms with Gasteiger partial charge in [0, 0.05) is 50.8 Å². The highest BCUT2D eigenvalue weighted by Crippen LogP contribution is 2.18. The highest BCUT2D eigenvalue weighted by molar-refractivity contribution is 5.49. The smallest absolute Gasteiger partial charge is 0.293 e. The first-order valence-corrected chi connectivity index (χ1v) is 7.50. The molecule has 1 aliphatic rings. The lowest BCUT2D eigenvalue weighted by Crippen LogP contribution is -2.48. The molecule has 0 unspecified atom stereocenters. The second kappa shape index (κ2) is 6.17. The van der Waals surface area contributed by atoms with Crippen LogP contribution in [0.15, 0.2) is 41.5 Å². The van der Waals surface area contributed by atoms with Gasteiger partial charge in [-0.25, -0.2) is 9.37 Å². The minimum absolute atomic E-state index is 0.0415. The van der Waals surface area contributed by atoms with Crippen LogP contribution in [-0.2, 0) is 6.54 Å². The predicted octanol–water partition coefficient (Wildman–Crippen LogP) is 1.73. The van der Waals surface area contributed by atoms with E-state index in [1.165, 1.54) is 12.1 Å². The minimum atomic E-state index is -0.226. The van der Waals surface area contributed by atoms with Gasteiger partial charge < -0.3 is 14.4 Å². The van der Waals surface area contributed by atoms with Crippen molar-refractivity contribution in [2.75, 3.05) is 36.0 Å². The van der Waals surface area contributed by atoms with Crippen molar-refractivity contribution in [3.63, 3.8) is 0 Å². The second-order valence-electron chi connectivity index (χ2n) is 5.29. The first-order valence-electron chi connectivity index (χ1n) is 7.50. The van der Waals surface area contributed by atoms with E-state index in [1.54, 1.807) is 29.1 Å². The Morgan fingerprint density at radius 2 is 1.73 bits per heavy atom. The highest BCUT2D eigenvalue weighted by Gasteiger charge is 2.20. The third-order valence-electron chi connectivity index (χ3n) is 4.01. The van der Waals surface area contributed by atoms with E-state index in [0.717, 1.165) is 31.9 Å². The van der Waals surface area contributed by atoms with Gasteiger partial charge in [0.1, 0.15) is 5.82 Å². The summed E-state index contributed by atoms with van der Waals surface area (Å²) in [7, 11) is 0. The normalized spacial score (nSPS) is 15.2. The Kier molecular flexibility index (Phi) is 4.09. The summed E-state index contributed by atoms with van der Waals surface area (Å²) in [4.78, 5) is 20.8. The number of halogens is 1. The number of rotatable bonds is 3. The summed E-state index contributed by atoms with van der Waals surface area (Å²) in [5, 5.41) is 0. The molecule has 0 N–H and O–H groups in total. The highest BCUT2D eigenvalue weighted by atomic mass is 19.1. The molecule has 1 aliphatic heterocycles. The summed E-state index contributed by atoms with van der Waals surface area (Å²) in [5.41, 5.74) is 0.966. The number of hydrogen-bond donors (Lipinski definition) is 0. The number of benzene rings is 1. The predicted molar refractivity (Wildman–Crippen MR) is 85.0 cm³/mol. The maximum absolute atomic E-state index is 13.0. The maximum atomic E-state index is 13.0. The molecular weight excluding hydrogens is 283 g/mol. The van der Waals surface area contributed by atoms with Crippen LogP contribution in [0.1, 0.15) is 6.92 Å². The Bertz CT molecular complexity index is 690. The molecule has 0 radical (unpaired) electrons. The molecule has 0 amide bonds. The summed E-state index contributed by atoms with van der Waals surface area (Å²) in [6.07, 6.45) is 3.38. The molecule has 116 valence electrons. The van der Waals surface area contributed by atoms with Crippen LogP contribution in [0.25, 0.3) is 0 Å². The molecule has 5 nitrogen and oxygen atoms in total. The Morgan fingerprint density at radius 3 is 2.36 bits per heavy atom. The summed E-state index contributed by atoms with van der Waals surface area (Å²) >= 11 is 0. The minimum Gasteiger partial charge on any atom is -0.368 e. The zero-order chi connectivity index (χ0) is 15.5. The molecule has 2 heterocycles. The van der Waals surface area contributed by atoms with Crippen molar-refractivity contribution in [1.29, 1.82) is 0 Å². The van der Waals surface area contributed by atoms with Crippen LogP contribution in [-0.4, -0.2) is 35.7 Å². The Morgan fingerprint density at radius 1 is 1.09 bits per heavy atom. The molecule has 1 saturated heterocycles. The van der Waals surface area contributed by atoms with E-state index in [0.29, 0.717) is 12.4 Å². The van der Waals surface area contributed by atoms with Crippen molar-refractivity contribution in [3.05, 3.63) is 52.8 Å². The Hall–Kier alpha value is -2.37. The van der Waals surface area contributed by atoms with E-state index >= 15 is 0 Å². The second-order valence-corrected chi connectivity index (χ2v) is 5.29. The van der Waals surface area contributed by atoms with Gasteiger partial charge in [-0.1, -0.05) is 0 Å². The van der Waals surface area contributed by atoms with Crippen molar-refractivity contribution < 1.29 is 4.39 Å². The topological polar surface area (TPSA) is 41.4 Å². The van der Waals surface area contributed by atoms with Crippen LogP contribution in [0.3, 0.4) is 0 Å². The standard InChI is InChI=1S/C16H19FN4O/c1-2-19-8-7-18-15(16(19)22)21-11-9-20(10-12-21)14-5-3-13(17)4-6-14/h3-8H,2,9-12H2,1H3. The summed E-state index contributed by atoms with van der Waals surface area (Å²) < 4.78 is 14.6. The summed E-state index contributed by atoms with van der Waals surface area (Å²) in [6.45, 7) is 5.61. The van der Waals surface area contributed by atoms with Crippen LogP contribution in [0.4, 0.5) is 15.9 Å². The van der Waals surface area contributed by atoms with Crippen LogP contribution in [0.5, 0.6) is 0 Å². The fourth-order valence-corrected chi connectivity index (χ4v) is 2.73. The van der Waals surface area contributed by atoms with Gasteiger partial charge in [-0.05, 0) is 31.2 Å². The monoisotopic (exact) mass is 302 g/mol. The van der Waals surface area contributed by atoms with Crippen molar-refractivity contribution in [2.24, 2.45) is 0 Å². The van der Waals surface area contributed by atoms with Crippen molar-refractivity contribution >= 4 is 11.5 Å². The molecule has 1 fully saturated rings. The molecule has 6 heteroatoms. The number of hydrogen-bond acceptors (Lipinski definition) is 4. The van der Waals surface area contributed by atoms with Gasteiger partial charge >= 0.3 is 0 Å². The van der Waals surface area contributed by atoms with Gasteiger partial charge in [-0.2, -0.15) is 0 Å². The number of anilines is 2. The Labute approximate surface area is 128 Å². The molecule has 22 heavy (non-hydrogen) atoms. The van der Waals surface area contributed by atoms with E-state index in [-0.39, 0.29) is 11.4 Å². The molecule has 0 saturated carbocycles. The first kappa shape index (κ1) is 14.6. The lowest BCUT2D eigenvalue weighted by molar-refractivity contribution is 0.621. The van der Waals surface area contributed by atoms with Crippen molar-refractivity contribution in [3.8, 4) is 0 Å². The Balaban J connectivity index is 1.72. The molecule has 3 rings (SSSR count). The largest absolute Gasteiger partial charge is 0.368 e. The number of aryl methyl sites for hydroxylation is 1. The SMILES string of the molecule is CCn1ccnc(N2CCN(c3ccc(F)cc3)CC2)c1=O. The quantitative estimate of drug-likeness (QED) is 0.866. The lowest BCUT2D eigenvalue weighted by atomic mass is 10.2. The molecule has 0 atom stereocenters. The summed E-state index contributed by atoms with van der Waals surface area (Å²) in [6, 6.07) is 6.52. The molecule has 1 aromatic carbocycles. The first-order chi connectivity index (χ1) is 10.7. The fourth-order valence-electron chi connectivity index (χ4n) is 2.73. The average Bonchev–Trinajstić information content (AvgIpc) is 2.56. The zero-order valence-corrected chi connectivity index (χ0v) is 12.6. The third kappa shape index (κ3) is 2.81. The van der Waals surface area contributed by atoms with E-state index in [9.17, 15) is 9.18 Å². The molecular formula is C16H19FN4O. The van der Waals surface area contributed by atoms with E-state index in [2.05, 4.69) is 9.88 Å². The zero-order valence-electron chi connectivity index (χ0n) is 12.6. The van der Waals surface area contributed by atoms with E-state index in [1.807, 2.05) is 11.8 Å². The fraction of sp³-hybridized carbons (Fsp3) is 0.375. The lowest BCUT2D eigenvalue weighted by Gasteiger charge is -2.36. The van der Waals surface area contributed by atoms with Crippen LogP contribution in [0.2, 0.25) is 0 Å². The maximum Gasteiger partial charge on any atom is 0.293 e. The van der Waals surface area contributed by atoms with Gasteiger partial charge in [-0.3, -0.25) is 4.79 Å². The number of aromatic nitrogens is 2. The molecule has 0 spiro atoms. The number of piperazine rings is 1. The molecule has 0 aliphatic carbocycles. The van der Waals surface area contributed by atoms with Gasteiger partial charge in [0.05, 0.1) is 0 Å². The molecule has 1 aromatic heterocycles. The van der Waals surface area contributed by atoms with Crippen LogP contribution in [0, 0.1) is 5.82 Å². The van der Waals surface area contributed by atoms with Crippen molar-refractivity contribution in [1.82, 2.24) is 9.55 Å². The third-order valence-corrected chi connectivity index (χ3v) is 4.01. The van der Waals surface area contributed by atoms with Crippen LogP contribution >= 0.6 is 0 Å². The van der Waals surface area contributed by atoms with Gasteiger partial charge in [-0.15, -0.1) is 0 Å². The van der Waals surface area contributed by atoms with E-state index in [4.69, 9.17) is 0 Å². The molecule has 0 bridgehead atoms. The molecule has 2 aromatic rings. The van der Waals surface area contributed by atoms with Crippen molar-refractivity contribution in [2.45, 2.75) is 13.5 Å². The van der Waals surface area contributed by atoms with Gasteiger partial charge in [0.15, 0.2) is 5.82 Å². The van der Waals surface area contributed by atoms with Gasteiger partial charge in [0.25, 0.3) is 5.56 Å². The van der Waals surface area contributed by atoms with Gasteiger partial charge in [0.2, 0.25) is 0 Å². The van der Waals surface area contributed by atoms with Crippen LogP contribution < -0.4 is 15.4 Å². The average molecular weight is 302 g/mol. The van der Waals surface area contributed by atoms with E-state index < -0.39 is 0 Å². The summed E-state index contributed by atoms with van der Waals surface area (Å²) in [5.74, 6) is 0.291.